The predicted octanol–water partition coefficient (Wildman–Crippen LogP) is 2.21. The van der Waals surface area contributed by atoms with Crippen molar-refractivity contribution in [2.45, 2.75) is 109 Å². The zero-order valence-electron chi connectivity index (χ0n) is 21.4. The van der Waals surface area contributed by atoms with E-state index in [1.807, 2.05) is 13.8 Å². The largest absolute Gasteiger partial charge is 0.471 e. The number of halogens is 5. The maximum atomic E-state index is 13.6. The summed E-state index contributed by atoms with van der Waals surface area (Å²) in [5.74, 6) is -8.52. The van der Waals surface area contributed by atoms with Crippen LogP contribution in [0.2, 0.25) is 0 Å². The lowest BCUT2D eigenvalue weighted by Gasteiger charge is -2.32. The van der Waals surface area contributed by atoms with E-state index in [1.165, 1.54) is 20.8 Å². The van der Waals surface area contributed by atoms with Crippen molar-refractivity contribution in [3.63, 3.8) is 0 Å². The van der Waals surface area contributed by atoms with Crippen molar-refractivity contribution in [3.8, 4) is 0 Å². The first kappa shape index (κ1) is 30.2. The molecule has 1 aliphatic heterocycles. The normalized spacial score (nSPS) is 27.5. The van der Waals surface area contributed by atoms with E-state index in [0.29, 0.717) is 12.8 Å². The number of aliphatic hydroxyl groups excluding tert-OH is 1. The molecule has 36 heavy (non-hydrogen) atoms. The number of carbonyl (C=O) groups excluding carboxylic acids is 3. The van der Waals surface area contributed by atoms with E-state index < -0.39 is 78.3 Å². The fourth-order valence-corrected chi connectivity index (χ4v) is 4.60. The summed E-state index contributed by atoms with van der Waals surface area (Å²) in [7, 11) is 0. The number of aliphatic hydroxyl groups is 1. The molecule has 0 radical (unpaired) electrons. The van der Waals surface area contributed by atoms with Gasteiger partial charge in [-0.2, -0.15) is 13.2 Å². The Bertz CT molecular complexity index is 843. The van der Waals surface area contributed by atoms with Crippen LogP contribution >= 0.6 is 0 Å². The standard InChI is InChI=1S/C23H37F5N4O4/c1-11(7-12-9-21(5,6)32-16(12)33)29-17(34)14(8-13-10-22(13,24)25)30-18(35)15(20(2,3)4)31-19(36)23(26,27)28/h11-16,32-33H,7-10H2,1-6H3,(H,29,34)(H,30,35)(H,31,36)/t11-,12-,13?,14+,15-,16?/m1/s1. The van der Waals surface area contributed by atoms with Crippen LogP contribution in [0.15, 0.2) is 0 Å². The van der Waals surface area contributed by atoms with Crippen LogP contribution in [-0.4, -0.2) is 64.8 Å². The summed E-state index contributed by atoms with van der Waals surface area (Å²) in [6.45, 7) is 9.77. The number of carbonyl (C=O) groups is 3. The fraction of sp³-hybridized carbons (Fsp3) is 0.870. The lowest BCUT2D eigenvalue weighted by molar-refractivity contribution is -0.175. The van der Waals surface area contributed by atoms with Crippen molar-refractivity contribution < 1.29 is 41.4 Å². The van der Waals surface area contributed by atoms with E-state index >= 15 is 0 Å². The molecule has 0 aromatic carbocycles. The maximum absolute atomic E-state index is 13.6. The first-order chi connectivity index (χ1) is 16.1. The summed E-state index contributed by atoms with van der Waals surface area (Å²) in [5, 5.41) is 19.8. The monoisotopic (exact) mass is 528 g/mol. The van der Waals surface area contributed by atoms with Gasteiger partial charge >= 0.3 is 12.1 Å². The Morgan fingerprint density at radius 1 is 1.00 bits per heavy atom. The molecule has 0 aromatic heterocycles. The molecule has 0 aromatic rings. The highest BCUT2D eigenvalue weighted by Crippen LogP contribution is 2.51. The Morgan fingerprint density at radius 3 is 1.97 bits per heavy atom. The highest BCUT2D eigenvalue weighted by molar-refractivity contribution is 5.93. The average molecular weight is 529 g/mol. The summed E-state index contributed by atoms with van der Waals surface area (Å²) >= 11 is 0. The van der Waals surface area contributed by atoms with Gasteiger partial charge in [-0.25, -0.2) is 8.78 Å². The van der Waals surface area contributed by atoms with Crippen molar-refractivity contribution >= 4 is 17.7 Å². The first-order valence-corrected chi connectivity index (χ1v) is 11.9. The minimum Gasteiger partial charge on any atom is -0.378 e. The van der Waals surface area contributed by atoms with E-state index in [4.69, 9.17) is 0 Å². The molecule has 1 heterocycles. The molecule has 13 heteroatoms. The lowest BCUT2D eigenvalue weighted by atomic mass is 9.85. The van der Waals surface area contributed by atoms with Crippen LogP contribution in [-0.2, 0) is 14.4 Å². The molecular weight excluding hydrogens is 491 g/mol. The Hall–Kier alpha value is -2.02. The molecule has 1 saturated carbocycles. The van der Waals surface area contributed by atoms with Crippen LogP contribution in [0.4, 0.5) is 22.0 Å². The van der Waals surface area contributed by atoms with Crippen LogP contribution in [0.25, 0.3) is 0 Å². The van der Waals surface area contributed by atoms with Crippen molar-refractivity contribution in [2.75, 3.05) is 0 Å². The molecule has 1 aliphatic carbocycles. The molecular formula is C23H37F5N4O4. The molecule has 2 aliphatic rings. The summed E-state index contributed by atoms with van der Waals surface area (Å²) in [6.07, 6.45) is -5.90. The van der Waals surface area contributed by atoms with Gasteiger partial charge in [0.1, 0.15) is 18.3 Å². The minimum atomic E-state index is -5.24. The smallest absolute Gasteiger partial charge is 0.378 e. The molecule has 8 nitrogen and oxygen atoms in total. The third-order valence-corrected chi connectivity index (χ3v) is 6.57. The Balaban J connectivity index is 2.12. The van der Waals surface area contributed by atoms with Gasteiger partial charge in [0.15, 0.2) is 0 Å². The van der Waals surface area contributed by atoms with Gasteiger partial charge in [-0.05, 0) is 45.4 Å². The minimum absolute atomic E-state index is 0.182. The number of amides is 3. The van der Waals surface area contributed by atoms with Gasteiger partial charge in [0.25, 0.3) is 5.92 Å². The molecule has 0 spiro atoms. The molecule has 3 amide bonds. The third-order valence-electron chi connectivity index (χ3n) is 6.57. The van der Waals surface area contributed by atoms with Gasteiger partial charge in [-0.1, -0.05) is 20.8 Å². The van der Waals surface area contributed by atoms with Gasteiger partial charge in [0.2, 0.25) is 11.8 Å². The number of alkyl halides is 5. The van der Waals surface area contributed by atoms with E-state index in [1.54, 1.807) is 12.2 Å². The van der Waals surface area contributed by atoms with Crippen LogP contribution in [0.5, 0.6) is 0 Å². The van der Waals surface area contributed by atoms with Gasteiger partial charge in [0, 0.05) is 29.8 Å². The van der Waals surface area contributed by atoms with Crippen LogP contribution in [0.3, 0.4) is 0 Å². The molecule has 2 rings (SSSR count). The molecule has 1 saturated heterocycles. The zero-order valence-corrected chi connectivity index (χ0v) is 21.4. The molecule has 2 fully saturated rings. The Morgan fingerprint density at radius 2 is 1.56 bits per heavy atom. The molecule has 0 bridgehead atoms. The number of hydrogen-bond acceptors (Lipinski definition) is 5. The Labute approximate surface area is 207 Å². The number of nitrogens with one attached hydrogen (secondary N) is 4. The second-order valence-corrected chi connectivity index (χ2v) is 11.8. The summed E-state index contributed by atoms with van der Waals surface area (Å²) in [6, 6.07) is -3.62. The second kappa shape index (κ2) is 10.4. The van der Waals surface area contributed by atoms with Crippen LogP contribution in [0.1, 0.15) is 67.2 Å². The van der Waals surface area contributed by atoms with Gasteiger partial charge in [-0.15, -0.1) is 0 Å². The lowest BCUT2D eigenvalue weighted by Crippen LogP contribution is -2.59. The maximum Gasteiger partial charge on any atom is 0.471 e. The van der Waals surface area contributed by atoms with Crippen molar-refractivity contribution in [1.29, 1.82) is 0 Å². The SMILES string of the molecule is C[C@H](C[C@@H]1CC(C)(C)NC1O)NC(=O)[C@H](CC1CC1(F)F)NC(=O)[C@@H](NC(=O)C(F)(F)F)C(C)(C)C. The number of rotatable bonds is 9. The summed E-state index contributed by atoms with van der Waals surface area (Å²) < 4.78 is 65.6. The molecule has 208 valence electrons. The van der Waals surface area contributed by atoms with E-state index in [-0.39, 0.29) is 11.5 Å². The van der Waals surface area contributed by atoms with Crippen molar-refractivity contribution in [3.05, 3.63) is 0 Å². The highest BCUT2D eigenvalue weighted by Gasteiger charge is 2.58. The highest BCUT2D eigenvalue weighted by atomic mass is 19.4. The van der Waals surface area contributed by atoms with Crippen molar-refractivity contribution in [2.24, 2.45) is 17.3 Å². The first-order valence-electron chi connectivity index (χ1n) is 11.9. The van der Waals surface area contributed by atoms with E-state index in [0.717, 1.165) is 0 Å². The molecule has 6 atom stereocenters. The van der Waals surface area contributed by atoms with E-state index in [9.17, 15) is 41.4 Å². The zero-order chi connectivity index (χ0) is 27.9. The topological polar surface area (TPSA) is 120 Å². The van der Waals surface area contributed by atoms with Crippen LogP contribution in [0, 0.1) is 17.3 Å². The van der Waals surface area contributed by atoms with Crippen LogP contribution < -0.4 is 21.3 Å². The summed E-state index contributed by atoms with van der Waals surface area (Å²) in [5.41, 5.74) is -1.48. The third kappa shape index (κ3) is 8.25. The average Bonchev–Trinajstić information content (AvgIpc) is 3.17. The quantitative estimate of drug-likeness (QED) is 0.294. The van der Waals surface area contributed by atoms with Gasteiger partial charge in [-0.3, -0.25) is 19.7 Å². The fourth-order valence-electron chi connectivity index (χ4n) is 4.60. The second-order valence-electron chi connectivity index (χ2n) is 11.8. The molecule has 5 N–H and O–H groups in total. The van der Waals surface area contributed by atoms with Crippen molar-refractivity contribution in [1.82, 2.24) is 21.3 Å². The van der Waals surface area contributed by atoms with Gasteiger partial charge in [0.05, 0.1) is 0 Å². The molecule has 2 unspecified atom stereocenters. The Kier molecular flexibility index (Phi) is 8.72. The number of hydrogen-bond donors (Lipinski definition) is 5. The summed E-state index contributed by atoms with van der Waals surface area (Å²) in [4.78, 5) is 37.4. The predicted molar refractivity (Wildman–Crippen MR) is 121 cm³/mol. The van der Waals surface area contributed by atoms with Gasteiger partial charge < -0.3 is 21.1 Å². The van der Waals surface area contributed by atoms with E-state index in [2.05, 4.69) is 16.0 Å².